The first-order chi connectivity index (χ1) is 5.97. The Morgan fingerprint density at radius 1 is 1.31 bits per heavy atom. The van der Waals surface area contributed by atoms with Crippen LogP contribution in [0.25, 0.3) is 0 Å². The molecule has 0 radical (unpaired) electrons. The first kappa shape index (κ1) is 12.4. The van der Waals surface area contributed by atoms with Gasteiger partial charge in [-0.1, -0.05) is 20.8 Å². The Labute approximate surface area is 80.8 Å². The molecule has 0 aliphatic rings. The minimum absolute atomic E-state index is 0.0220. The number of rotatable bonds is 5. The number of methoxy groups -OCH3 is 1. The van der Waals surface area contributed by atoms with Crippen molar-refractivity contribution in [2.24, 2.45) is 5.92 Å². The zero-order valence-corrected chi connectivity index (χ0v) is 9.26. The maximum Gasteiger partial charge on any atom is 0.308 e. The highest BCUT2D eigenvalue weighted by Crippen LogP contribution is 2.07. The van der Waals surface area contributed by atoms with Crippen LogP contribution in [0.2, 0.25) is 0 Å². The van der Waals surface area contributed by atoms with Gasteiger partial charge in [0, 0.05) is 12.1 Å². The third-order valence-corrected chi connectivity index (χ3v) is 1.93. The summed E-state index contributed by atoms with van der Waals surface area (Å²) in [4.78, 5) is 11.1. The second-order valence-electron chi connectivity index (χ2n) is 3.88. The van der Waals surface area contributed by atoms with Gasteiger partial charge in [0.05, 0.1) is 13.0 Å². The van der Waals surface area contributed by atoms with Gasteiger partial charge in [0.25, 0.3) is 0 Å². The highest BCUT2D eigenvalue weighted by atomic mass is 16.5. The largest absolute Gasteiger partial charge is 0.469 e. The Morgan fingerprint density at radius 2 is 1.85 bits per heavy atom. The lowest BCUT2D eigenvalue weighted by Gasteiger charge is -2.19. The van der Waals surface area contributed by atoms with E-state index in [2.05, 4.69) is 30.8 Å². The quantitative estimate of drug-likeness (QED) is 0.664. The highest BCUT2D eigenvalue weighted by Gasteiger charge is 2.16. The molecule has 2 unspecified atom stereocenters. The van der Waals surface area contributed by atoms with Crippen molar-refractivity contribution in [1.29, 1.82) is 0 Å². The number of carbonyl (C=O) groups is 1. The molecule has 0 aliphatic heterocycles. The minimum atomic E-state index is -0.127. The van der Waals surface area contributed by atoms with Gasteiger partial charge in [-0.25, -0.2) is 0 Å². The maximum absolute atomic E-state index is 11.1. The fraction of sp³-hybridized carbons (Fsp3) is 0.900. The Bertz CT molecular complexity index is 157. The van der Waals surface area contributed by atoms with Crippen molar-refractivity contribution in [2.75, 3.05) is 7.11 Å². The number of nitrogens with one attached hydrogen (secondary N) is 1. The van der Waals surface area contributed by atoms with Crippen LogP contribution in [0, 0.1) is 5.92 Å². The van der Waals surface area contributed by atoms with E-state index in [0.29, 0.717) is 12.1 Å². The van der Waals surface area contributed by atoms with E-state index in [1.807, 2.05) is 6.92 Å². The SMILES string of the molecule is COC(=O)C(C)CC(C)NC(C)C. The van der Waals surface area contributed by atoms with E-state index < -0.39 is 0 Å². The predicted molar refractivity (Wildman–Crippen MR) is 53.5 cm³/mol. The van der Waals surface area contributed by atoms with E-state index in [9.17, 15) is 4.79 Å². The lowest BCUT2D eigenvalue weighted by atomic mass is 10.0. The first-order valence-electron chi connectivity index (χ1n) is 4.81. The molecule has 0 aromatic rings. The van der Waals surface area contributed by atoms with Crippen LogP contribution in [0.1, 0.15) is 34.1 Å². The maximum atomic E-state index is 11.1. The molecule has 0 rings (SSSR count). The Kier molecular flexibility index (Phi) is 5.71. The summed E-state index contributed by atoms with van der Waals surface area (Å²) in [5, 5.41) is 3.34. The molecule has 0 spiro atoms. The van der Waals surface area contributed by atoms with Gasteiger partial charge in [-0.2, -0.15) is 0 Å². The summed E-state index contributed by atoms with van der Waals surface area (Å²) in [5.74, 6) is -0.149. The summed E-state index contributed by atoms with van der Waals surface area (Å²) in [5.41, 5.74) is 0. The molecule has 0 amide bonds. The summed E-state index contributed by atoms with van der Waals surface area (Å²) in [6.45, 7) is 8.17. The van der Waals surface area contributed by atoms with E-state index in [1.54, 1.807) is 0 Å². The van der Waals surface area contributed by atoms with E-state index in [4.69, 9.17) is 0 Å². The molecule has 0 aromatic heterocycles. The summed E-state index contributed by atoms with van der Waals surface area (Å²) >= 11 is 0. The third kappa shape index (κ3) is 5.64. The molecule has 0 saturated heterocycles. The van der Waals surface area contributed by atoms with E-state index in [-0.39, 0.29) is 11.9 Å². The number of ether oxygens (including phenoxy) is 1. The molecule has 3 heteroatoms. The van der Waals surface area contributed by atoms with Gasteiger partial charge in [0.2, 0.25) is 0 Å². The average molecular weight is 187 g/mol. The van der Waals surface area contributed by atoms with Crippen LogP contribution >= 0.6 is 0 Å². The molecule has 78 valence electrons. The van der Waals surface area contributed by atoms with Crippen LogP contribution in [0.4, 0.5) is 0 Å². The molecule has 2 atom stereocenters. The lowest BCUT2D eigenvalue weighted by molar-refractivity contribution is -0.145. The van der Waals surface area contributed by atoms with E-state index in [0.717, 1.165) is 6.42 Å². The van der Waals surface area contributed by atoms with Gasteiger partial charge in [-0.15, -0.1) is 0 Å². The predicted octanol–water partition coefficient (Wildman–Crippen LogP) is 1.57. The van der Waals surface area contributed by atoms with Crippen LogP contribution in [0.15, 0.2) is 0 Å². The molecule has 0 fully saturated rings. The highest BCUT2D eigenvalue weighted by molar-refractivity contribution is 5.71. The van der Waals surface area contributed by atoms with Gasteiger partial charge in [-0.3, -0.25) is 4.79 Å². The Balaban J connectivity index is 3.77. The molecular formula is C10H21NO2. The number of hydrogen-bond acceptors (Lipinski definition) is 3. The minimum Gasteiger partial charge on any atom is -0.469 e. The molecule has 3 nitrogen and oxygen atoms in total. The van der Waals surface area contributed by atoms with Crippen LogP contribution in [0.5, 0.6) is 0 Å². The van der Waals surface area contributed by atoms with E-state index >= 15 is 0 Å². The van der Waals surface area contributed by atoms with Crippen molar-refractivity contribution in [1.82, 2.24) is 5.32 Å². The lowest BCUT2D eigenvalue weighted by Crippen LogP contribution is -2.34. The fourth-order valence-electron chi connectivity index (χ4n) is 1.46. The van der Waals surface area contributed by atoms with Gasteiger partial charge in [0.15, 0.2) is 0 Å². The van der Waals surface area contributed by atoms with Crippen LogP contribution in [-0.4, -0.2) is 25.2 Å². The molecule has 0 aliphatic carbocycles. The number of carbonyl (C=O) groups excluding carboxylic acids is 1. The third-order valence-electron chi connectivity index (χ3n) is 1.93. The van der Waals surface area contributed by atoms with Gasteiger partial charge in [-0.05, 0) is 13.3 Å². The number of esters is 1. The Morgan fingerprint density at radius 3 is 2.23 bits per heavy atom. The van der Waals surface area contributed by atoms with Crippen molar-refractivity contribution in [2.45, 2.75) is 46.2 Å². The normalized spacial score (nSPS) is 15.5. The number of hydrogen-bond donors (Lipinski definition) is 1. The monoisotopic (exact) mass is 187 g/mol. The summed E-state index contributed by atoms with van der Waals surface area (Å²) in [7, 11) is 1.43. The van der Waals surface area contributed by atoms with Crippen molar-refractivity contribution in [3.63, 3.8) is 0 Å². The van der Waals surface area contributed by atoms with Crippen LogP contribution in [0.3, 0.4) is 0 Å². The Hall–Kier alpha value is -0.570. The first-order valence-corrected chi connectivity index (χ1v) is 4.81. The molecule has 13 heavy (non-hydrogen) atoms. The molecule has 0 heterocycles. The zero-order chi connectivity index (χ0) is 10.4. The van der Waals surface area contributed by atoms with Crippen LogP contribution in [-0.2, 0) is 9.53 Å². The van der Waals surface area contributed by atoms with Gasteiger partial charge < -0.3 is 10.1 Å². The smallest absolute Gasteiger partial charge is 0.308 e. The molecule has 0 bridgehead atoms. The van der Waals surface area contributed by atoms with Crippen LogP contribution < -0.4 is 5.32 Å². The van der Waals surface area contributed by atoms with Crippen molar-refractivity contribution >= 4 is 5.97 Å². The van der Waals surface area contributed by atoms with Crippen molar-refractivity contribution in [3.05, 3.63) is 0 Å². The molecule has 1 N–H and O–H groups in total. The zero-order valence-electron chi connectivity index (χ0n) is 9.26. The van der Waals surface area contributed by atoms with Crippen molar-refractivity contribution < 1.29 is 9.53 Å². The summed E-state index contributed by atoms with van der Waals surface area (Å²) < 4.78 is 4.65. The van der Waals surface area contributed by atoms with Gasteiger partial charge >= 0.3 is 5.97 Å². The second-order valence-corrected chi connectivity index (χ2v) is 3.88. The molecule has 0 aromatic carbocycles. The summed E-state index contributed by atoms with van der Waals surface area (Å²) in [6.07, 6.45) is 0.824. The molecule has 0 saturated carbocycles. The summed E-state index contributed by atoms with van der Waals surface area (Å²) in [6, 6.07) is 0.814. The van der Waals surface area contributed by atoms with Gasteiger partial charge in [0.1, 0.15) is 0 Å². The standard InChI is InChI=1S/C10H21NO2/c1-7(2)11-9(4)6-8(3)10(12)13-5/h7-9,11H,6H2,1-5H3. The average Bonchev–Trinajstić information content (AvgIpc) is 2.01. The van der Waals surface area contributed by atoms with E-state index in [1.165, 1.54) is 7.11 Å². The van der Waals surface area contributed by atoms with Crippen molar-refractivity contribution in [3.8, 4) is 0 Å². The fourth-order valence-corrected chi connectivity index (χ4v) is 1.46. The molecular weight excluding hydrogens is 166 g/mol. The topological polar surface area (TPSA) is 38.3 Å². The second kappa shape index (κ2) is 5.97.